The van der Waals surface area contributed by atoms with E-state index in [1.54, 1.807) is 0 Å². The predicted molar refractivity (Wildman–Crippen MR) is 38.1 cm³/mol. The van der Waals surface area contributed by atoms with Crippen molar-refractivity contribution in [2.24, 2.45) is 0 Å². The summed E-state index contributed by atoms with van der Waals surface area (Å²) in [7, 11) is 1.42. The van der Waals surface area contributed by atoms with Crippen LogP contribution in [0.25, 0.3) is 0 Å². The maximum Gasteiger partial charge on any atom is 0.308 e. The Morgan fingerprint density at radius 1 is 1.82 bits per heavy atom. The van der Waals surface area contributed by atoms with Gasteiger partial charge in [-0.3, -0.25) is 4.79 Å². The molecule has 1 saturated carbocycles. The van der Waals surface area contributed by atoms with Crippen molar-refractivity contribution in [3.05, 3.63) is 0 Å². The number of fused-ring (bicyclic) bond motifs is 1. The molecule has 2 fully saturated rings. The van der Waals surface area contributed by atoms with Crippen molar-refractivity contribution in [1.82, 2.24) is 0 Å². The summed E-state index contributed by atoms with van der Waals surface area (Å²) in [4.78, 5) is 10.9. The number of ether oxygens (including phenoxy) is 2. The molecule has 1 aliphatic heterocycles. The van der Waals surface area contributed by atoms with Crippen molar-refractivity contribution in [3.63, 3.8) is 0 Å². The number of hydrogen-bond acceptors (Lipinski definition) is 3. The van der Waals surface area contributed by atoms with Crippen LogP contribution in [0.3, 0.4) is 0 Å². The number of carbonyl (C=O) groups is 1. The molecule has 0 aromatic rings. The van der Waals surface area contributed by atoms with Gasteiger partial charge in [0.05, 0.1) is 19.6 Å². The zero-order valence-electron chi connectivity index (χ0n) is 6.63. The third-order valence-corrected chi connectivity index (χ3v) is 2.64. The van der Waals surface area contributed by atoms with Crippen molar-refractivity contribution in [3.8, 4) is 0 Å². The van der Waals surface area contributed by atoms with E-state index in [1.165, 1.54) is 13.5 Å². The first-order valence-corrected chi connectivity index (χ1v) is 4.01. The number of methoxy groups -OCH3 is 1. The Labute approximate surface area is 65.7 Å². The highest BCUT2D eigenvalue weighted by Crippen LogP contribution is 2.52. The van der Waals surface area contributed by atoms with Crippen molar-refractivity contribution in [2.75, 3.05) is 7.11 Å². The van der Waals surface area contributed by atoms with Crippen LogP contribution in [0.5, 0.6) is 0 Å². The first kappa shape index (κ1) is 7.10. The van der Waals surface area contributed by atoms with Crippen LogP contribution in [0.1, 0.15) is 25.7 Å². The van der Waals surface area contributed by atoms with Crippen LogP contribution in [-0.2, 0) is 14.3 Å². The number of epoxide rings is 1. The lowest BCUT2D eigenvalue weighted by Crippen LogP contribution is -2.17. The van der Waals surface area contributed by atoms with Gasteiger partial charge in [0.1, 0.15) is 5.60 Å². The fourth-order valence-corrected chi connectivity index (χ4v) is 1.94. The molecule has 0 aromatic heterocycles. The molecular weight excluding hydrogens is 144 g/mol. The van der Waals surface area contributed by atoms with Crippen LogP contribution in [-0.4, -0.2) is 24.8 Å². The molecule has 3 heteroatoms. The van der Waals surface area contributed by atoms with Crippen molar-refractivity contribution >= 4 is 5.97 Å². The first-order valence-electron chi connectivity index (χ1n) is 4.01. The SMILES string of the molecule is COC(=O)C[C@]12CCCC1O2. The molecule has 1 heterocycles. The van der Waals surface area contributed by atoms with Crippen molar-refractivity contribution in [2.45, 2.75) is 37.4 Å². The van der Waals surface area contributed by atoms with E-state index in [2.05, 4.69) is 4.74 Å². The molecule has 11 heavy (non-hydrogen) atoms. The van der Waals surface area contributed by atoms with E-state index in [4.69, 9.17) is 4.74 Å². The van der Waals surface area contributed by atoms with Gasteiger partial charge in [-0.25, -0.2) is 0 Å². The van der Waals surface area contributed by atoms with E-state index in [1.807, 2.05) is 0 Å². The zero-order valence-corrected chi connectivity index (χ0v) is 6.63. The van der Waals surface area contributed by atoms with Gasteiger partial charge in [0.2, 0.25) is 0 Å². The highest BCUT2D eigenvalue weighted by molar-refractivity contribution is 5.71. The monoisotopic (exact) mass is 156 g/mol. The van der Waals surface area contributed by atoms with Crippen LogP contribution in [0.15, 0.2) is 0 Å². The van der Waals surface area contributed by atoms with Gasteiger partial charge >= 0.3 is 5.97 Å². The van der Waals surface area contributed by atoms with Gasteiger partial charge in [0.25, 0.3) is 0 Å². The Morgan fingerprint density at radius 3 is 3.09 bits per heavy atom. The molecule has 2 aliphatic rings. The molecule has 0 bridgehead atoms. The second kappa shape index (κ2) is 2.21. The topological polar surface area (TPSA) is 38.8 Å². The summed E-state index contributed by atoms with van der Waals surface area (Å²) in [6, 6.07) is 0. The highest BCUT2D eigenvalue weighted by atomic mass is 16.6. The third-order valence-electron chi connectivity index (χ3n) is 2.64. The van der Waals surface area contributed by atoms with Gasteiger partial charge in [-0.2, -0.15) is 0 Å². The van der Waals surface area contributed by atoms with Crippen LogP contribution in [0.2, 0.25) is 0 Å². The average Bonchev–Trinajstić information content (AvgIpc) is 2.53. The minimum Gasteiger partial charge on any atom is -0.469 e. The maximum absolute atomic E-state index is 10.9. The number of hydrogen-bond donors (Lipinski definition) is 0. The van der Waals surface area contributed by atoms with Gasteiger partial charge in [0.15, 0.2) is 0 Å². The Bertz CT molecular complexity index is 190. The molecule has 3 nitrogen and oxygen atoms in total. The minimum absolute atomic E-state index is 0.0902. The first-order chi connectivity index (χ1) is 5.27. The largest absolute Gasteiger partial charge is 0.469 e. The third kappa shape index (κ3) is 1.03. The predicted octanol–water partition coefficient (Wildman–Crippen LogP) is 0.871. The summed E-state index contributed by atoms with van der Waals surface area (Å²) in [5, 5.41) is 0. The molecule has 0 radical (unpaired) electrons. The molecule has 1 aliphatic carbocycles. The summed E-state index contributed by atoms with van der Waals surface area (Å²) in [6.45, 7) is 0. The number of rotatable bonds is 2. The lowest BCUT2D eigenvalue weighted by atomic mass is 10.0. The number of esters is 1. The van der Waals surface area contributed by atoms with Gasteiger partial charge in [-0.1, -0.05) is 0 Å². The van der Waals surface area contributed by atoms with Gasteiger partial charge in [-0.15, -0.1) is 0 Å². The molecular formula is C8H12O3. The Morgan fingerprint density at radius 2 is 2.64 bits per heavy atom. The van der Waals surface area contributed by atoms with E-state index < -0.39 is 0 Å². The van der Waals surface area contributed by atoms with Gasteiger partial charge in [0, 0.05) is 0 Å². The average molecular weight is 156 g/mol. The van der Waals surface area contributed by atoms with Crippen LogP contribution in [0.4, 0.5) is 0 Å². The van der Waals surface area contributed by atoms with E-state index >= 15 is 0 Å². The van der Waals surface area contributed by atoms with E-state index in [-0.39, 0.29) is 11.6 Å². The summed E-state index contributed by atoms with van der Waals surface area (Å²) >= 11 is 0. The normalized spacial score (nSPS) is 39.9. The fourth-order valence-electron chi connectivity index (χ4n) is 1.94. The van der Waals surface area contributed by atoms with E-state index in [0.717, 1.165) is 12.8 Å². The quantitative estimate of drug-likeness (QED) is 0.440. The molecule has 2 rings (SSSR count). The lowest BCUT2D eigenvalue weighted by molar-refractivity contribution is -0.142. The summed E-state index contributed by atoms with van der Waals surface area (Å²) in [5.41, 5.74) is -0.0902. The molecule has 0 N–H and O–H groups in total. The molecule has 0 aromatic carbocycles. The van der Waals surface area contributed by atoms with Gasteiger partial charge < -0.3 is 9.47 Å². The molecule has 1 unspecified atom stereocenters. The number of carbonyl (C=O) groups excluding carboxylic acids is 1. The highest BCUT2D eigenvalue weighted by Gasteiger charge is 2.60. The Hall–Kier alpha value is -0.570. The molecule has 2 atom stereocenters. The van der Waals surface area contributed by atoms with Crippen LogP contribution >= 0.6 is 0 Å². The van der Waals surface area contributed by atoms with Crippen molar-refractivity contribution < 1.29 is 14.3 Å². The smallest absolute Gasteiger partial charge is 0.308 e. The minimum atomic E-state index is -0.144. The van der Waals surface area contributed by atoms with E-state index in [0.29, 0.717) is 12.5 Å². The second-order valence-corrected chi connectivity index (χ2v) is 3.32. The fraction of sp³-hybridized carbons (Fsp3) is 0.875. The zero-order chi connectivity index (χ0) is 7.90. The van der Waals surface area contributed by atoms with Crippen LogP contribution < -0.4 is 0 Å². The molecule has 62 valence electrons. The standard InChI is InChI=1S/C8H12O3/c1-10-7(9)5-8-4-2-3-6(8)11-8/h6H,2-5H2,1H3/t6?,8-/m1/s1. The summed E-state index contributed by atoms with van der Waals surface area (Å²) in [6.07, 6.45) is 4.17. The summed E-state index contributed by atoms with van der Waals surface area (Å²) < 4.78 is 10.00. The second-order valence-electron chi connectivity index (χ2n) is 3.32. The van der Waals surface area contributed by atoms with Crippen LogP contribution in [0, 0.1) is 0 Å². The van der Waals surface area contributed by atoms with Gasteiger partial charge in [-0.05, 0) is 19.3 Å². The Kier molecular flexibility index (Phi) is 1.42. The lowest BCUT2D eigenvalue weighted by Gasteiger charge is -2.04. The maximum atomic E-state index is 10.9. The molecule has 0 amide bonds. The molecule has 1 saturated heterocycles. The van der Waals surface area contributed by atoms with E-state index in [9.17, 15) is 4.79 Å². The molecule has 0 spiro atoms. The Balaban J connectivity index is 1.91. The summed E-state index contributed by atoms with van der Waals surface area (Å²) in [5.74, 6) is -0.144. The van der Waals surface area contributed by atoms with Crippen molar-refractivity contribution in [1.29, 1.82) is 0 Å².